The van der Waals surface area contributed by atoms with Gasteiger partial charge in [-0.2, -0.15) is 0 Å². The average molecular weight is 285 g/mol. The van der Waals surface area contributed by atoms with Crippen molar-refractivity contribution in [2.24, 2.45) is 0 Å². The van der Waals surface area contributed by atoms with Gasteiger partial charge in [0.1, 0.15) is 5.75 Å². The van der Waals surface area contributed by atoms with Crippen LogP contribution in [0, 0.1) is 0 Å². The highest BCUT2D eigenvalue weighted by Gasteiger charge is 2.08. The first kappa shape index (κ1) is 15.0. The zero-order chi connectivity index (χ0) is 15.2. The summed E-state index contributed by atoms with van der Waals surface area (Å²) >= 11 is 0. The van der Waals surface area contributed by atoms with E-state index in [4.69, 9.17) is 9.47 Å². The van der Waals surface area contributed by atoms with Gasteiger partial charge in [0.15, 0.2) is 0 Å². The van der Waals surface area contributed by atoms with E-state index in [0.717, 1.165) is 17.0 Å². The van der Waals surface area contributed by atoms with Crippen molar-refractivity contribution in [2.45, 2.75) is 26.9 Å². The minimum atomic E-state index is -0.320. The predicted octanol–water partition coefficient (Wildman–Crippen LogP) is 3.71. The monoisotopic (exact) mass is 285 g/mol. The number of carbonyl (C=O) groups excluding carboxylic acids is 1. The molecule has 2 rings (SSSR count). The van der Waals surface area contributed by atoms with Gasteiger partial charge >= 0.3 is 5.97 Å². The molecule has 0 aliphatic carbocycles. The fraction of sp³-hybridized carbons (Fsp3) is 0.294. The molecule has 0 aliphatic heterocycles. The minimum absolute atomic E-state index is 0.116. The van der Waals surface area contributed by atoms with Gasteiger partial charge in [0, 0.05) is 5.56 Å². The van der Waals surface area contributed by atoms with Crippen LogP contribution < -0.4 is 4.74 Å². The molecule has 0 fully saturated rings. The average Bonchev–Trinajstić information content (AvgIpc) is 2.48. The zero-order valence-corrected chi connectivity index (χ0v) is 12.5. The normalized spacial score (nSPS) is 10.5. The smallest absolute Gasteiger partial charge is 0.338 e. The number of carbonyl (C=O) groups is 1. The lowest BCUT2D eigenvalue weighted by molar-refractivity contribution is 0.0526. The maximum absolute atomic E-state index is 11.7. The lowest BCUT2D eigenvalue weighted by atomic mass is 10.1. The molecule has 0 saturated carbocycles. The van der Waals surface area contributed by atoms with Crippen molar-refractivity contribution in [2.75, 3.05) is 6.61 Å². The van der Waals surface area contributed by atoms with Crippen LogP contribution in [0.25, 0.3) is 11.3 Å². The van der Waals surface area contributed by atoms with Crippen LogP contribution in [0.4, 0.5) is 0 Å². The molecule has 0 unspecified atom stereocenters. The van der Waals surface area contributed by atoms with Crippen LogP contribution in [-0.2, 0) is 4.74 Å². The van der Waals surface area contributed by atoms with E-state index >= 15 is 0 Å². The second-order valence-electron chi connectivity index (χ2n) is 4.85. The zero-order valence-electron chi connectivity index (χ0n) is 12.5. The molecule has 0 bridgehead atoms. The van der Waals surface area contributed by atoms with Gasteiger partial charge in [0.05, 0.1) is 30.2 Å². The molecule has 21 heavy (non-hydrogen) atoms. The Kier molecular flexibility index (Phi) is 4.93. The number of pyridine rings is 1. The lowest BCUT2D eigenvalue weighted by Gasteiger charge is -2.10. The number of esters is 1. The number of ether oxygens (including phenoxy) is 2. The number of hydrogen-bond acceptors (Lipinski definition) is 4. The maximum atomic E-state index is 11.7. The van der Waals surface area contributed by atoms with Crippen molar-refractivity contribution in [3.8, 4) is 17.0 Å². The molecule has 0 amide bonds. The topological polar surface area (TPSA) is 48.4 Å². The number of hydrogen-bond donors (Lipinski definition) is 0. The lowest BCUT2D eigenvalue weighted by Crippen LogP contribution is -2.06. The molecule has 110 valence electrons. The van der Waals surface area contributed by atoms with E-state index in [-0.39, 0.29) is 12.1 Å². The second kappa shape index (κ2) is 6.88. The Balaban J connectivity index is 2.21. The highest BCUT2D eigenvalue weighted by molar-refractivity contribution is 5.90. The number of aromatic nitrogens is 1. The molecular weight excluding hydrogens is 266 g/mol. The Morgan fingerprint density at radius 2 is 2.05 bits per heavy atom. The first-order valence-electron chi connectivity index (χ1n) is 7.00. The van der Waals surface area contributed by atoms with Gasteiger partial charge in [0.2, 0.25) is 0 Å². The summed E-state index contributed by atoms with van der Waals surface area (Å²) in [6.45, 7) is 6.09. The predicted molar refractivity (Wildman–Crippen MR) is 81.4 cm³/mol. The Morgan fingerprint density at radius 3 is 2.67 bits per heavy atom. The van der Waals surface area contributed by atoms with Crippen LogP contribution in [0.1, 0.15) is 31.1 Å². The van der Waals surface area contributed by atoms with Crippen LogP contribution in [0.2, 0.25) is 0 Å². The molecule has 1 aromatic heterocycles. The Hall–Kier alpha value is -2.36. The molecule has 1 aromatic carbocycles. The van der Waals surface area contributed by atoms with E-state index in [1.54, 1.807) is 25.3 Å². The summed E-state index contributed by atoms with van der Waals surface area (Å²) in [6.07, 6.45) is 1.80. The largest absolute Gasteiger partial charge is 0.489 e. The van der Waals surface area contributed by atoms with E-state index < -0.39 is 0 Å². The Labute approximate surface area is 124 Å². The van der Waals surface area contributed by atoms with Crippen LogP contribution >= 0.6 is 0 Å². The fourth-order valence-corrected chi connectivity index (χ4v) is 1.91. The molecule has 4 nitrogen and oxygen atoms in total. The third kappa shape index (κ3) is 4.05. The van der Waals surface area contributed by atoms with E-state index in [1.807, 2.05) is 38.1 Å². The third-order valence-electron chi connectivity index (χ3n) is 2.78. The van der Waals surface area contributed by atoms with Crippen molar-refractivity contribution >= 4 is 5.97 Å². The molecular formula is C17H19NO3. The van der Waals surface area contributed by atoms with Gasteiger partial charge in [0.25, 0.3) is 0 Å². The first-order chi connectivity index (χ1) is 10.1. The van der Waals surface area contributed by atoms with E-state index in [9.17, 15) is 4.79 Å². The van der Waals surface area contributed by atoms with Crippen molar-refractivity contribution < 1.29 is 14.3 Å². The molecule has 0 spiro atoms. The summed E-state index contributed by atoms with van der Waals surface area (Å²) in [6, 6.07) is 11.0. The van der Waals surface area contributed by atoms with Crippen LogP contribution in [0.5, 0.6) is 5.75 Å². The standard InChI is InChI=1S/C17H19NO3/c1-4-20-17(19)14-7-5-6-13(10-14)16-9-8-15(11-18-16)21-12(2)3/h5-12H,4H2,1-3H3. The SMILES string of the molecule is CCOC(=O)c1cccc(-c2ccc(OC(C)C)cn2)c1. The fourth-order valence-electron chi connectivity index (χ4n) is 1.91. The maximum Gasteiger partial charge on any atom is 0.338 e. The van der Waals surface area contributed by atoms with Gasteiger partial charge in [-0.25, -0.2) is 4.79 Å². The van der Waals surface area contributed by atoms with Gasteiger partial charge < -0.3 is 9.47 Å². The highest BCUT2D eigenvalue weighted by Crippen LogP contribution is 2.21. The molecule has 0 atom stereocenters. The van der Waals surface area contributed by atoms with Crippen LogP contribution in [0.3, 0.4) is 0 Å². The van der Waals surface area contributed by atoms with Gasteiger partial charge in [-0.05, 0) is 45.0 Å². The molecule has 0 aliphatic rings. The number of benzene rings is 1. The molecule has 0 N–H and O–H groups in total. The van der Waals surface area contributed by atoms with Crippen molar-refractivity contribution in [1.82, 2.24) is 4.98 Å². The Morgan fingerprint density at radius 1 is 1.24 bits per heavy atom. The summed E-state index contributed by atoms with van der Waals surface area (Å²) in [4.78, 5) is 16.1. The molecule has 2 aromatic rings. The molecule has 4 heteroatoms. The van der Waals surface area contributed by atoms with E-state index in [1.165, 1.54) is 0 Å². The van der Waals surface area contributed by atoms with Gasteiger partial charge in [-0.3, -0.25) is 4.98 Å². The first-order valence-corrected chi connectivity index (χ1v) is 7.00. The summed E-state index contributed by atoms with van der Waals surface area (Å²) in [5.41, 5.74) is 2.19. The molecule has 1 heterocycles. The van der Waals surface area contributed by atoms with Crippen molar-refractivity contribution in [3.05, 3.63) is 48.2 Å². The highest BCUT2D eigenvalue weighted by atomic mass is 16.5. The van der Waals surface area contributed by atoms with Crippen LogP contribution in [0.15, 0.2) is 42.6 Å². The van der Waals surface area contributed by atoms with E-state index in [2.05, 4.69) is 4.98 Å². The summed E-state index contributed by atoms with van der Waals surface area (Å²) in [5, 5.41) is 0. The van der Waals surface area contributed by atoms with Crippen molar-refractivity contribution in [3.63, 3.8) is 0 Å². The van der Waals surface area contributed by atoms with Crippen LogP contribution in [-0.4, -0.2) is 23.7 Å². The number of nitrogens with zero attached hydrogens (tertiary/aromatic N) is 1. The summed E-state index contributed by atoms with van der Waals surface area (Å²) in [7, 11) is 0. The van der Waals surface area contributed by atoms with Gasteiger partial charge in [-0.15, -0.1) is 0 Å². The third-order valence-corrected chi connectivity index (χ3v) is 2.78. The van der Waals surface area contributed by atoms with Crippen molar-refractivity contribution in [1.29, 1.82) is 0 Å². The molecule has 0 saturated heterocycles. The Bertz CT molecular complexity index is 606. The van der Waals surface area contributed by atoms with E-state index in [0.29, 0.717) is 12.2 Å². The molecule has 0 radical (unpaired) electrons. The quantitative estimate of drug-likeness (QED) is 0.786. The summed E-state index contributed by atoms with van der Waals surface area (Å²) < 4.78 is 10.6. The summed E-state index contributed by atoms with van der Waals surface area (Å²) in [5.74, 6) is 0.411. The number of rotatable bonds is 5. The minimum Gasteiger partial charge on any atom is -0.489 e. The second-order valence-corrected chi connectivity index (χ2v) is 4.85. The van der Waals surface area contributed by atoms with Gasteiger partial charge in [-0.1, -0.05) is 12.1 Å².